The topological polar surface area (TPSA) is 51.2 Å². The van der Waals surface area contributed by atoms with Gasteiger partial charge < -0.3 is 0 Å². The first-order valence-electron chi connectivity index (χ1n) is 5.56. The predicted molar refractivity (Wildman–Crippen MR) is 63.0 cm³/mol. The average molecular weight is 230 g/mol. The van der Waals surface area contributed by atoms with Crippen LogP contribution in [0.15, 0.2) is 24.3 Å². The monoisotopic (exact) mass is 230 g/mol. The fraction of sp³-hybridized carbons (Fsp3) is 0.357. The highest BCUT2D eigenvalue weighted by molar-refractivity contribution is 6.52. The standard InChI is InChI=1S/C14H14O3/c1-14(2,3)13(17)10-8-6-4-5-7-9(8)11(15)12(10)16/h4-7,10H,1-3H3. The molecule has 0 N–H and O–H groups in total. The van der Waals surface area contributed by atoms with E-state index in [0.29, 0.717) is 11.1 Å². The number of Topliss-reactive ketones (excluding diaryl/α,β-unsaturated/α-hetero) is 3. The molecule has 0 fully saturated rings. The summed E-state index contributed by atoms with van der Waals surface area (Å²) in [7, 11) is 0. The zero-order valence-electron chi connectivity index (χ0n) is 10.1. The average Bonchev–Trinajstić information content (AvgIpc) is 2.51. The third-order valence-electron chi connectivity index (χ3n) is 3.00. The molecule has 1 atom stereocenters. The Bertz CT molecular complexity index is 521. The summed E-state index contributed by atoms with van der Waals surface area (Å²) in [4.78, 5) is 35.8. The molecular weight excluding hydrogens is 216 g/mol. The van der Waals surface area contributed by atoms with Gasteiger partial charge in [-0.05, 0) is 5.56 Å². The van der Waals surface area contributed by atoms with Crippen molar-refractivity contribution in [3.8, 4) is 0 Å². The van der Waals surface area contributed by atoms with E-state index in [0.717, 1.165) is 0 Å². The van der Waals surface area contributed by atoms with Crippen LogP contribution in [0, 0.1) is 5.41 Å². The number of hydrogen-bond acceptors (Lipinski definition) is 3. The molecule has 3 heteroatoms. The van der Waals surface area contributed by atoms with Crippen LogP contribution in [0.25, 0.3) is 0 Å². The van der Waals surface area contributed by atoms with Crippen LogP contribution < -0.4 is 0 Å². The van der Waals surface area contributed by atoms with Crippen molar-refractivity contribution in [1.29, 1.82) is 0 Å². The van der Waals surface area contributed by atoms with Gasteiger partial charge in [-0.1, -0.05) is 45.0 Å². The smallest absolute Gasteiger partial charge is 0.230 e. The Balaban J connectivity index is 2.54. The number of ketones is 3. The highest BCUT2D eigenvalue weighted by Gasteiger charge is 2.45. The zero-order chi connectivity index (χ0) is 12.8. The minimum absolute atomic E-state index is 0.194. The molecule has 0 spiro atoms. The predicted octanol–water partition coefficient (Wildman–Crippen LogP) is 2.15. The molecule has 0 aromatic heterocycles. The number of carbonyl (C=O) groups excluding carboxylic acids is 3. The Morgan fingerprint density at radius 3 is 2.29 bits per heavy atom. The second kappa shape index (κ2) is 3.62. The van der Waals surface area contributed by atoms with Crippen LogP contribution in [0.3, 0.4) is 0 Å². The fourth-order valence-corrected chi connectivity index (χ4v) is 2.05. The number of fused-ring (bicyclic) bond motifs is 1. The van der Waals surface area contributed by atoms with E-state index >= 15 is 0 Å². The van der Waals surface area contributed by atoms with Crippen molar-refractivity contribution < 1.29 is 14.4 Å². The lowest BCUT2D eigenvalue weighted by molar-refractivity contribution is -0.132. The van der Waals surface area contributed by atoms with E-state index in [1.165, 1.54) is 0 Å². The van der Waals surface area contributed by atoms with Gasteiger partial charge in [-0.2, -0.15) is 0 Å². The van der Waals surface area contributed by atoms with E-state index in [1.807, 2.05) is 0 Å². The molecule has 1 aromatic rings. The summed E-state index contributed by atoms with van der Waals surface area (Å²) in [6.45, 7) is 5.27. The molecule has 0 saturated heterocycles. The maximum Gasteiger partial charge on any atom is 0.230 e. The van der Waals surface area contributed by atoms with E-state index in [4.69, 9.17) is 0 Å². The van der Waals surface area contributed by atoms with Gasteiger partial charge in [0.2, 0.25) is 11.6 Å². The molecule has 0 radical (unpaired) electrons. The van der Waals surface area contributed by atoms with Gasteiger partial charge in [0.15, 0.2) is 5.78 Å². The van der Waals surface area contributed by atoms with Crippen LogP contribution in [0.2, 0.25) is 0 Å². The molecule has 3 nitrogen and oxygen atoms in total. The first kappa shape index (κ1) is 11.7. The van der Waals surface area contributed by atoms with Crippen LogP contribution in [0.4, 0.5) is 0 Å². The molecule has 2 rings (SSSR count). The third kappa shape index (κ3) is 1.71. The second-order valence-electron chi connectivity index (χ2n) is 5.33. The molecule has 0 heterocycles. The lowest BCUT2D eigenvalue weighted by Crippen LogP contribution is -2.30. The summed E-state index contributed by atoms with van der Waals surface area (Å²) in [6.07, 6.45) is 0. The molecule has 0 aliphatic heterocycles. The van der Waals surface area contributed by atoms with Crippen LogP contribution >= 0.6 is 0 Å². The van der Waals surface area contributed by atoms with Crippen molar-refractivity contribution in [2.75, 3.05) is 0 Å². The summed E-state index contributed by atoms with van der Waals surface area (Å²) in [5.41, 5.74) is 0.306. The van der Waals surface area contributed by atoms with Crippen molar-refractivity contribution >= 4 is 17.3 Å². The molecule has 1 aliphatic carbocycles. The Kier molecular flexibility index (Phi) is 2.49. The van der Waals surface area contributed by atoms with Gasteiger partial charge in [-0.25, -0.2) is 0 Å². The molecule has 0 bridgehead atoms. The number of carbonyl (C=O) groups is 3. The number of rotatable bonds is 1. The lowest BCUT2D eigenvalue weighted by atomic mass is 9.80. The summed E-state index contributed by atoms with van der Waals surface area (Å²) in [5, 5.41) is 0. The molecule has 0 saturated carbocycles. The van der Waals surface area contributed by atoms with E-state index in [-0.39, 0.29) is 5.78 Å². The van der Waals surface area contributed by atoms with Crippen LogP contribution in [-0.4, -0.2) is 17.3 Å². The highest BCUT2D eigenvalue weighted by Crippen LogP contribution is 2.35. The maximum atomic E-state index is 12.2. The van der Waals surface area contributed by atoms with Gasteiger partial charge in [0.05, 0.1) is 0 Å². The number of hydrogen-bond donors (Lipinski definition) is 0. The Hall–Kier alpha value is -1.77. The van der Waals surface area contributed by atoms with Gasteiger partial charge in [0, 0.05) is 11.0 Å². The fourth-order valence-electron chi connectivity index (χ4n) is 2.05. The van der Waals surface area contributed by atoms with Gasteiger partial charge in [-0.3, -0.25) is 14.4 Å². The second-order valence-corrected chi connectivity index (χ2v) is 5.33. The largest absolute Gasteiger partial charge is 0.298 e. The van der Waals surface area contributed by atoms with Crippen LogP contribution in [-0.2, 0) is 9.59 Å². The molecule has 1 unspecified atom stereocenters. The third-order valence-corrected chi connectivity index (χ3v) is 3.00. The van der Waals surface area contributed by atoms with Crippen LogP contribution in [0.1, 0.15) is 42.6 Å². The molecular formula is C14H14O3. The van der Waals surface area contributed by atoms with Crippen molar-refractivity contribution in [2.45, 2.75) is 26.7 Å². The van der Waals surface area contributed by atoms with E-state index < -0.39 is 22.9 Å². The first-order valence-corrected chi connectivity index (χ1v) is 5.56. The summed E-state index contributed by atoms with van der Waals surface area (Å²) < 4.78 is 0. The lowest BCUT2D eigenvalue weighted by Gasteiger charge is -2.20. The highest BCUT2D eigenvalue weighted by atomic mass is 16.2. The van der Waals surface area contributed by atoms with Gasteiger partial charge in [0.25, 0.3) is 0 Å². The van der Waals surface area contributed by atoms with E-state index in [1.54, 1.807) is 45.0 Å². The maximum absolute atomic E-state index is 12.2. The van der Waals surface area contributed by atoms with E-state index in [2.05, 4.69) is 0 Å². The summed E-state index contributed by atoms with van der Waals surface area (Å²) in [6, 6.07) is 6.74. The number of benzene rings is 1. The van der Waals surface area contributed by atoms with Crippen molar-refractivity contribution in [2.24, 2.45) is 5.41 Å². The quantitative estimate of drug-likeness (QED) is 0.548. The molecule has 88 valence electrons. The Morgan fingerprint density at radius 2 is 1.71 bits per heavy atom. The van der Waals surface area contributed by atoms with Gasteiger partial charge >= 0.3 is 0 Å². The SMILES string of the molecule is CC(C)(C)C(=O)C1C(=O)C(=O)c2ccccc21. The summed E-state index contributed by atoms with van der Waals surface area (Å²) in [5.74, 6) is -2.23. The van der Waals surface area contributed by atoms with Crippen molar-refractivity contribution in [3.05, 3.63) is 35.4 Å². The molecule has 0 amide bonds. The molecule has 17 heavy (non-hydrogen) atoms. The normalized spacial score (nSPS) is 19.4. The Labute approximate surface area is 99.8 Å². The zero-order valence-corrected chi connectivity index (χ0v) is 10.1. The minimum atomic E-state index is -0.904. The van der Waals surface area contributed by atoms with Crippen molar-refractivity contribution in [1.82, 2.24) is 0 Å². The molecule has 1 aliphatic rings. The summed E-state index contributed by atoms with van der Waals surface area (Å²) >= 11 is 0. The van der Waals surface area contributed by atoms with Gasteiger partial charge in [-0.15, -0.1) is 0 Å². The van der Waals surface area contributed by atoms with E-state index in [9.17, 15) is 14.4 Å². The van der Waals surface area contributed by atoms with Crippen LogP contribution in [0.5, 0.6) is 0 Å². The first-order chi connectivity index (χ1) is 7.84. The minimum Gasteiger partial charge on any atom is -0.298 e. The van der Waals surface area contributed by atoms with Gasteiger partial charge in [0.1, 0.15) is 5.92 Å². The van der Waals surface area contributed by atoms with Crippen molar-refractivity contribution in [3.63, 3.8) is 0 Å². The Morgan fingerprint density at radius 1 is 1.12 bits per heavy atom. The molecule has 1 aromatic carbocycles.